The van der Waals surface area contributed by atoms with Crippen LogP contribution in [0.15, 0.2) is 97.1 Å². The number of carboxylic acids is 1. The van der Waals surface area contributed by atoms with E-state index in [1.165, 1.54) is 0 Å². The molecule has 0 amide bonds. The molecule has 4 N–H and O–H groups in total. The van der Waals surface area contributed by atoms with Crippen LogP contribution in [0.25, 0.3) is 89.7 Å². The Kier molecular flexibility index (Phi) is 7.41. The van der Waals surface area contributed by atoms with E-state index >= 15 is 0 Å². The van der Waals surface area contributed by atoms with Crippen molar-refractivity contribution in [3.63, 3.8) is 0 Å². The maximum Gasteiger partial charge on any atom is 0.329 e. The van der Waals surface area contributed by atoms with Crippen molar-refractivity contribution in [3.05, 3.63) is 97.1 Å². The van der Waals surface area contributed by atoms with Gasteiger partial charge in [0.25, 0.3) is 0 Å². The normalized spacial score (nSPS) is 11.2. The molecule has 8 bridgehead atoms. The molecule has 9 rings (SSSR count). The van der Waals surface area contributed by atoms with Crippen LogP contribution in [-0.2, 0) is 26.5 Å². The molecule has 4 aromatic carbocycles. The van der Waals surface area contributed by atoms with Crippen LogP contribution in [0.2, 0.25) is 0 Å². The van der Waals surface area contributed by atoms with Crippen molar-refractivity contribution >= 4 is 50.1 Å². The number of carboxylic acid groups (broad SMARTS) is 1. The van der Waals surface area contributed by atoms with E-state index in [9.17, 15) is 0 Å². The Morgan fingerprint density at radius 1 is 0.478 bits per heavy atom. The summed E-state index contributed by atoms with van der Waals surface area (Å²) in [5.74, 6) is 1.20. The first-order chi connectivity index (χ1) is 22.1. The van der Waals surface area contributed by atoms with Crippen LogP contribution in [0.4, 0.5) is 0 Å². The first kappa shape index (κ1) is 29.1. The Morgan fingerprint density at radius 3 is 0.957 bits per heavy atom. The maximum atomic E-state index is 9.12. The third-order valence-corrected chi connectivity index (χ3v) is 7.60. The van der Waals surface area contributed by atoms with E-state index in [1.54, 1.807) is 0 Å². The van der Waals surface area contributed by atoms with Gasteiger partial charge in [-0.3, -0.25) is 0 Å². The zero-order valence-corrected chi connectivity index (χ0v) is 25.5. The SMILES string of the molecule is O=C(O)CO.[Ti].c1ccc2c(c1)-c1nc-2nc2[nH]c(nc3nc(nc4[nH]c(n1)c1ccccc41)-c1ccccc1-3)c1ccccc21. The van der Waals surface area contributed by atoms with Crippen molar-refractivity contribution < 1.29 is 36.7 Å². The van der Waals surface area contributed by atoms with Gasteiger partial charge in [0.15, 0.2) is 23.3 Å². The van der Waals surface area contributed by atoms with Gasteiger partial charge in [0, 0.05) is 65.5 Å². The predicted octanol–water partition coefficient (Wildman–Crippen LogP) is 5.93. The average molecular weight is 638 g/mol. The standard InChI is InChI=1S/C32H18N8.C2H4O3.Ti/c1-2-10-18-17(9-1)25-33-26(18)38-28-21-13-5-6-14-22(21)30(35-28)40-32-24-16-8-7-15-23(24)31(36-32)39-29-20-12-4-3-11-19(20)27(34-29)37-25;3-1-2(4)5;/h1-16H,(H2,33,34,35,36,37,38,39,40);3H,1H2,(H,4,5);. The number of nitrogens with one attached hydrogen (secondary N) is 2. The van der Waals surface area contributed by atoms with Gasteiger partial charge in [-0.2, -0.15) is 0 Å². The van der Waals surface area contributed by atoms with Gasteiger partial charge in [-0.05, 0) is 0 Å². The molecule has 12 heteroatoms. The quantitative estimate of drug-likeness (QED) is 0.159. The molecule has 2 aliphatic heterocycles. The molecule has 2 aliphatic rings. The molecule has 0 aliphatic carbocycles. The van der Waals surface area contributed by atoms with Gasteiger partial charge >= 0.3 is 5.97 Å². The second kappa shape index (κ2) is 11.7. The first-order valence-corrected chi connectivity index (χ1v) is 14.1. The average Bonchev–Trinajstić information content (AvgIpc) is 3.81. The van der Waals surface area contributed by atoms with Crippen LogP contribution in [0.5, 0.6) is 0 Å². The molecule has 0 atom stereocenters. The summed E-state index contributed by atoms with van der Waals surface area (Å²) in [5.41, 5.74) is 6.45. The summed E-state index contributed by atoms with van der Waals surface area (Å²) in [6.45, 7) is -0.778. The second-order valence-corrected chi connectivity index (χ2v) is 10.3. The summed E-state index contributed by atoms with van der Waals surface area (Å²) >= 11 is 0. The van der Waals surface area contributed by atoms with Gasteiger partial charge in [-0.15, -0.1) is 0 Å². The summed E-state index contributed by atoms with van der Waals surface area (Å²) in [5, 5.41) is 18.8. The van der Waals surface area contributed by atoms with Crippen LogP contribution in [-0.4, -0.2) is 62.7 Å². The van der Waals surface area contributed by atoms with Crippen LogP contribution < -0.4 is 0 Å². The molecule has 7 aromatic rings. The minimum Gasteiger partial charge on any atom is -0.480 e. The molecular formula is C34H22N8O3Ti. The van der Waals surface area contributed by atoms with E-state index in [1.807, 2.05) is 97.1 Å². The second-order valence-electron chi connectivity index (χ2n) is 10.3. The molecule has 5 heterocycles. The van der Waals surface area contributed by atoms with Crippen molar-refractivity contribution in [1.82, 2.24) is 39.9 Å². The van der Waals surface area contributed by atoms with E-state index in [4.69, 9.17) is 44.9 Å². The number of aliphatic hydroxyl groups excluding tert-OH is 1. The van der Waals surface area contributed by atoms with Crippen LogP contribution >= 0.6 is 0 Å². The number of nitrogens with zero attached hydrogens (tertiary/aromatic N) is 6. The van der Waals surface area contributed by atoms with E-state index in [2.05, 4.69) is 9.97 Å². The number of hydrogen-bond donors (Lipinski definition) is 4. The molecule has 0 radical (unpaired) electrons. The molecule has 0 unspecified atom stereocenters. The van der Waals surface area contributed by atoms with E-state index in [-0.39, 0.29) is 21.7 Å². The Labute approximate surface area is 275 Å². The summed E-state index contributed by atoms with van der Waals surface area (Å²) in [6, 6.07) is 32.2. The third kappa shape index (κ3) is 4.92. The number of carbonyl (C=O) groups is 1. The van der Waals surface area contributed by atoms with E-state index < -0.39 is 12.6 Å². The third-order valence-electron chi connectivity index (χ3n) is 7.60. The van der Waals surface area contributed by atoms with Crippen molar-refractivity contribution in [2.24, 2.45) is 0 Å². The maximum absolute atomic E-state index is 9.12. The van der Waals surface area contributed by atoms with Gasteiger partial charge in [-0.25, -0.2) is 34.7 Å². The Hall–Kier alpha value is -5.62. The number of aromatic nitrogens is 8. The molecule has 0 saturated heterocycles. The molecule has 0 saturated carbocycles. The monoisotopic (exact) mass is 638 g/mol. The molecular weight excluding hydrogens is 616 g/mol. The summed E-state index contributed by atoms with van der Waals surface area (Å²) in [4.78, 5) is 45.9. The van der Waals surface area contributed by atoms with Gasteiger partial charge in [-0.1, -0.05) is 97.1 Å². The van der Waals surface area contributed by atoms with Gasteiger partial charge < -0.3 is 20.2 Å². The molecule has 46 heavy (non-hydrogen) atoms. The predicted molar refractivity (Wildman–Crippen MR) is 171 cm³/mol. The smallest absolute Gasteiger partial charge is 0.329 e. The zero-order valence-electron chi connectivity index (χ0n) is 23.9. The molecule has 220 valence electrons. The van der Waals surface area contributed by atoms with E-state index in [0.717, 1.165) is 43.8 Å². The Bertz CT molecular complexity index is 2170. The van der Waals surface area contributed by atoms with Crippen molar-refractivity contribution in [2.45, 2.75) is 0 Å². The minimum atomic E-state index is -1.19. The molecule has 0 spiro atoms. The Balaban J connectivity index is 0.000000526. The fourth-order valence-electron chi connectivity index (χ4n) is 5.59. The van der Waals surface area contributed by atoms with Crippen LogP contribution in [0.3, 0.4) is 0 Å². The number of benzene rings is 4. The number of hydrogen-bond acceptors (Lipinski definition) is 8. The number of aliphatic hydroxyl groups is 1. The summed E-state index contributed by atoms with van der Waals surface area (Å²) in [6.07, 6.45) is 0. The number of rotatable bonds is 1. The number of aliphatic carboxylic acids is 1. The van der Waals surface area contributed by atoms with Crippen LogP contribution in [0.1, 0.15) is 0 Å². The van der Waals surface area contributed by atoms with Crippen molar-refractivity contribution in [3.8, 4) is 45.6 Å². The zero-order chi connectivity index (χ0) is 30.5. The topological polar surface area (TPSA) is 166 Å². The largest absolute Gasteiger partial charge is 0.480 e. The molecule has 0 fully saturated rings. The Morgan fingerprint density at radius 2 is 0.717 bits per heavy atom. The van der Waals surface area contributed by atoms with Crippen molar-refractivity contribution in [2.75, 3.05) is 6.61 Å². The van der Waals surface area contributed by atoms with Crippen LogP contribution in [0, 0.1) is 0 Å². The van der Waals surface area contributed by atoms with Gasteiger partial charge in [0.2, 0.25) is 0 Å². The summed E-state index contributed by atoms with van der Waals surface area (Å²) in [7, 11) is 0. The van der Waals surface area contributed by atoms with Crippen molar-refractivity contribution in [1.29, 1.82) is 0 Å². The summed E-state index contributed by atoms with van der Waals surface area (Å²) < 4.78 is 0. The van der Waals surface area contributed by atoms with E-state index in [0.29, 0.717) is 45.9 Å². The fraction of sp³-hybridized carbons (Fsp3) is 0.0294. The minimum absolute atomic E-state index is 0. The number of fused-ring (bicyclic) bond motifs is 20. The molecule has 11 nitrogen and oxygen atoms in total. The number of aromatic amines is 2. The van der Waals surface area contributed by atoms with Gasteiger partial charge in [0.05, 0.1) is 0 Å². The molecule has 3 aromatic heterocycles. The van der Waals surface area contributed by atoms with Gasteiger partial charge in [0.1, 0.15) is 29.2 Å². The first-order valence-electron chi connectivity index (χ1n) is 14.1. The number of H-pyrrole nitrogens is 2. The fourth-order valence-corrected chi connectivity index (χ4v) is 5.59.